The first-order valence-electron chi connectivity index (χ1n) is 9.07. The summed E-state index contributed by atoms with van der Waals surface area (Å²) < 4.78 is 0. The van der Waals surface area contributed by atoms with Crippen molar-refractivity contribution in [2.45, 2.75) is 32.4 Å². The first kappa shape index (κ1) is 18.7. The average molecular weight is 332 g/mol. The molecule has 0 atom stereocenters. The Labute approximate surface area is 147 Å². The number of guanidine groups is 1. The number of hydrogen-bond acceptors (Lipinski definition) is 3. The lowest BCUT2D eigenvalue weighted by Crippen LogP contribution is -2.42. The predicted molar refractivity (Wildman–Crippen MR) is 102 cm³/mol. The smallest absolute Gasteiger partial charge is 0.191 e. The third-order valence-electron chi connectivity index (χ3n) is 4.37. The van der Waals surface area contributed by atoms with Crippen LogP contribution in [0.25, 0.3) is 0 Å². The molecule has 1 aromatic carbocycles. The highest BCUT2D eigenvalue weighted by Crippen LogP contribution is 2.07. The molecule has 134 valence electrons. The molecule has 2 N–H and O–H groups in total. The molecule has 0 radical (unpaired) electrons. The minimum Gasteiger partial charge on any atom is -0.355 e. The first-order chi connectivity index (χ1) is 11.7. The molecule has 0 bridgehead atoms. The van der Waals surface area contributed by atoms with Gasteiger partial charge in [-0.3, -0.25) is 4.99 Å². The van der Waals surface area contributed by atoms with Gasteiger partial charge in [-0.05, 0) is 51.2 Å². The monoisotopic (exact) mass is 331 g/mol. The molecule has 5 heteroatoms. The quantitative estimate of drug-likeness (QED) is 0.592. The van der Waals surface area contributed by atoms with Gasteiger partial charge >= 0.3 is 0 Å². The van der Waals surface area contributed by atoms with Gasteiger partial charge in [0.15, 0.2) is 5.96 Å². The van der Waals surface area contributed by atoms with Crippen LogP contribution >= 0.6 is 0 Å². The Kier molecular flexibility index (Phi) is 8.05. The van der Waals surface area contributed by atoms with E-state index in [0.717, 1.165) is 32.1 Å². The molecule has 0 saturated carbocycles. The van der Waals surface area contributed by atoms with Gasteiger partial charge in [0, 0.05) is 33.2 Å². The van der Waals surface area contributed by atoms with Crippen molar-refractivity contribution in [3.8, 4) is 0 Å². The number of piperidine rings is 1. The molecular formula is C19H33N5. The number of aliphatic imine (C=N–C) groups is 1. The summed E-state index contributed by atoms with van der Waals surface area (Å²) in [6.45, 7) is 6.31. The van der Waals surface area contributed by atoms with Gasteiger partial charge in [0.1, 0.15) is 0 Å². The zero-order chi connectivity index (χ0) is 17.2. The maximum Gasteiger partial charge on any atom is 0.191 e. The molecular weight excluding hydrogens is 298 g/mol. The van der Waals surface area contributed by atoms with Crippen LogP contribution < -0.4 is 10.6 Å². The molecule has 2 rings (SSSR count). The largest absolute Gasteiger partial charge is 0.355 e. The lowest BCUT2D eigenvalue weighted by molar-refractivity contribution is 0.232. The Morgan fingerprint density at radius 2 is 1.71 bits per heavy atom. The maximum atomic E-state index is 4.31. The van der Waals surface area contributed by atoms with Crippen LogP contribution in [0.2, 0.25) is 0 Å². The van der Waals surface area contributed by atoms with E-state index >= 15 is 0 Å². The van der Waals surface area contributed by atoms with Gasteiger partial charge in [-0.1, -0.05) is 30.7 Å². The van der Waals surface area contributed by atoms with Crippen molar-refractivity contribution < 1.29 is 0 Å². The average Bonchev–Trinajstić information content (AvgIpc) is 2.59. The van der Waals surface area contributed by atoms with E-state index in [1.807, 2.05) is 7.05 Å². The fourth-order valence-corrected chi connectivity index (χ4v) is 3.05. The first-order valence-corrected chi connectivity index (χ1v) is 9.07. The molecule has 0 amide bonds. The third-order valence-corrected chi connectivity index (χ3v) is 4.37. The topological polar surface area (TPSA) is 42.9 Å². The second-order valence-electron chi connectivity index (χ2n) is 6.81. The van der Waals surface area contributed by atoms with Crippen molar-refractivity contribution in [1.82, 2.24) is 20.4 Å². The van der Waals surface area contributed by atoms with Crippen molar-refractivity contribution in [2.75, 3.05) is 47.3 Å². The van der Waals surface area contributed by atoms with E-state index in [9.17, 15) is 0 Å². The standard InChI is InChI=1S/C19H33N5/c1-20-19(21-11-14-24-12-5-4-6-13-24)22-15-17-7-9-18(10-8-17)16-23(2)3/h7-10H,4-6,11-16H2,1-3H3,(H2,20,21,22). The van der Waals surface area contributed by atoms with E-state index in [1.165, 1.54) is 43.5 Å². The molecule has 1 fully saturated rings. The van der Waals surface area contributed by atoms with Crippen LogP contribution in [0.4, 0.5) is 0 Å². The van der Waals surface area contributed by atoms with E-state index < -0.39 is 0 Å². The van der Waals surface area contributed by atoms with Crippen molar-refractivity contribution in [1.29, 1.82) is 0 Å². The third kappa shape index (κ3) is 6.89. The van der Waals surface area contributed by atoms with Gasteiger partial charge in [0.25, 0.3) is 0 Å². The highest BCUT2D eigenvalue weighted by molar-refractivity contribution is 5.79. The second kappa shape index (κ2) is 10.3. The van der Waals surface area contributed by atoms with Crippen molar-refractivity contribution in [3.63, 3.8) is 0 Å². The summed E-state index contributed by atoms with van der Waals surface area (Å²) in [6, 6.07) is 8.77. The van der Waals surface area contributed by atoms with E-state index in [0.29, 0.717) is 0 Å². The van der Waals surface area contributed by atoms with Crippen LogP contribution in [-0.2, 0) is 13.1 Å². The van der Waals surface area contributed by atoms with Crippen molar-refractivity contribution in [3.05, 3.63) is 35.4 Å². The van der Waals surface area contributed by atoms with Gasteiger partial charge in [-0.15, -0.1) is 0 Å². The van der Waals surface area contributed by atoms with Crippen LogP contribution in [0.1, 0.15) is 30.4 Å². The Morgan fingerprint density at radius 3 is 2.33 bits per heavy atom. The van der Waals surface area contributed by atoms with Crippen molar-refractivity contribution in [2.24, 2.45) is 4.99 Å². The molecule has 0 unspecified atom stereocenters. The normalized spacial score (nSPS) is 16.4. The van der Waals surface area contributed by atoms with E-state index in [2.05, 4.69) is 63.8 Å². The molecule has 24 heavy (non-hydrogen) atoms. The number of nitrogens with zero attached hydrogens (tertiary/aromatic N) is 3. The number of likely N-dealkylation sites (tertiary alicyclic amines) is 1. The van der Waals surface area contributed by atoms with E-state index in [-0.39, 0.29) is 0 Å². The number of hydrogen-bond donors (Lipinski definition) is 2. The Morgan fingerprint density at radius 1 is 1.04 bits per heavy atom. The summed E-state index contributed by atoms with van der Waals surface area (Å²) in [5, 5.41) is 6.81. The Hall–Kier alpha value is -1.59. The SMILES string of the molecule is CN=C(NCCN1CCCCC1)NCc1ccc(CN(C)C)cc1. The Balaban J connectivity index is 1.68. The second-order valence-corrected chi connectivity index (χ2v) is 6.81. The fraction of sp³-hybridized carbons (Fsp3) is 0.632. The highest BCUT2D eigenvalue weighted by atomic mass is 15.2. The summed E-state index contributed by atoms with van der Waals surface area (Å²) in [5.74, 6) is 0.879. The molecule has 1 saturated heterocycles. The molecule has 0 spiro atoms. The van der Waals surface area contributed by atoms with E-state index in [4.69, 9.17) is 0 Å². The van der Waals surface area contributed by atoms with Gasteiger partial charge in [-0.25, -0.2) is 0 Å². The van der Waals surface area contributed by atoms with Gasteiger partial charge < -0.3 is 20.4 Å². The van der Waals surface area contributed by atoms with Crippen LogP contribution in [0.3, 0.4) is 0 Å². The predicted octanol–water partition coefficient (Wildman–Crippen LogP) is 1.90. The van der Waals surface area contributed by atoms with Crippen LogP contribution in [-0.4, -0.2) is 63.1 Å². The lowest BCUT2D eigenvalue weighted by Gasteiger charge is -2.26. The summed E-state index contributed by atoms with van der Waals surface area (Å²) in [6.07, 6.45) is 4.08. The van der Waals surface area contributed by atoms with Crippen LogP contribution in [0, 0.1) is 0 Å². The lowest BCUT2D eigenvalue weighted by atomic mass is 10.1. The number of benzene rings is 1. The number of rotatable bonds is 7. The molecule has 1 heterocycles. The molecule has 1 aliphatic heterocycles. The zero-order valence-electron chi connectivity index (χ0n) is 15.5. The molecule has 0 aromatic heterocycles. The summed E-state index contributed by atoms with van der Waals surface area (Å²) >= 11 is 0. The molecule has 1 aliphatic rings. The maximum absolute atomic E-state index is 4.31. The van der Waals surface area contributed by atoms with Crippen LogP contribution in [0.15, 0.2) is 29.3 Å². The summed E-state index contributed by atoms with van der Waals surface area (Å²) in [5.41, 5.74) is 2.62. The highest BCUT2D eigenvalue weighted by Gasteiger charge is 2.09. The van der Waals surface area contributed by atoms with Gasteiger partial charge in [-0.2, -0.15) is 0 Å². The Bertz CT molecular complexity index is 489. The van der Waals surface area contributed by atoms with Gasteiger partial charge in [0.05, 0.1) is 0 Å². The summed E-state index contributed by atoms with van der Waals surface area (Å²) in [4.78, 5) is 9.03. The molecule has 5 nitrogen and oxygen atoms in total. The minimum absolute atomic E-state index is 0.797. The van der Waals surface area contributed by atoms with E-state index in [1.54, 1.807) is 0 Å². The van der Waals surface area contributed by atoms with Gasteiger partial charge in [0.2, 0.25) is 0 Å². The van der Waals surface area contributed by atoms with Crippen molar-refractivity contribution >= 4 is 5.96 Å². The van der Waals surface area contributed by atoms with Crippen LogP contribution in [0.5, 0.6) is 0 Å². The molecule has 1 aromatic rings. The summed E-state index contributed by atoms with van der Waals surface area (Å²) in [7, 11) is 6.01. The minimum atomic E-state index is 0.797. The fourth-order valence-electron chi connectivity index (χ4n) is 3.05. The number of nitrogens with one attached hydrogen (secondary N) is 2. The molecule has 0 aliphatic carbocycles. The zero-order valence-corrected chi connectivity index (χ0v) is 15.5.